The minimum atomic E-state index is -0.305. The zero-order chi connectivity index (χ0) is 20.8. The molecule has 0 amide bonds. The van der Waals surface area contributed by atoms with Crippen LogP contribution in [0.1, 0.15) is 24.0 Å². The largest absolute Gasteiger partial charge is 0.324 e. The first-order chi connectivity index (χ1) is 15.3. The van der Waals surface area contributed by atoms with Crippen LogP contribution in [0.15, 0.2) is 55.0 Å². The number of fused-ring (bicyclic) bond motifs is 5. The van der Waals surface area contributed by atoms with E-state index in [1.165, 1.54) is 35.1 Å². The lowest BCUT2D eigenvalue weighted by molar-refractivity contribution is 0.628. The zero-order valence-corrected chi connectivity index (χ0v) is 16.7. The van der Waals surface area contributed by atoms with Crippen molar-refractivity contribution >= 4 is 33.4 Å². The van der Waals surface area contributed by atoms with Crippen molar-refractivity contribution in [2.75, 3.05) is 5.32 Å². The van der Waals surface area contributed by atoms with Gasteiger partial charge in [0.15, 0.2) is 0 Å². The fourth-order valence-corrected chi connectivity index (χ4v) is 4.50. The molecule has 0 saturated heterocycles. The summed E-state index contributed by atoms with van der Waals surface area (Å²) >= 11 is 0. The van der Waals surface area contributed by atoms with Crippen LogP contribution in [0, 0.1) is 5.82 Å². The Morgan fingerprint density at radius 1 is 0.935 bits per heavy atom. The Hall–Kier alpha value is -3.87. The highest BCUT2D eigenvalue weighted by Gasteiger charge is 2.21. The summed E-state index contributed by atoms with van der Waals surface area (Å²) in [6.07, 6.45) is 9.81. The molecule has 0 atom stereocenters. The quantitative estimate of drug-likeness (QED) is 0.420. The van der Waals surface area contributed by atoms with Gasteiger partial charge >= 0.3 is 0 Å². The monoisotopic (exact) mass is 410 g/mol. The first-order valence-electron chi connectivity index (χ1n) is 10.4. The predicted molar refractivity (Wildman–Crippen MR) is 119 cm³/mol. The molecule has 0 aliphatic heterocycles. The maximum Gasteiger partial charge on any atom is 0.227 e. The molecule has 3 aromatic heterocycles. The number of hydrogen-bond donors (Lipinski definition) is 2. The van der Waals surface area contributed by atoms with Gasteiger partial charge in [-0.15, -0.1) is 0 Å². The van der Waals surface area contributed by atoms with Crippen molar-refractivity contribution in [1.29, 1.82) is 0 Å². The van der Waals surface area contributed by atoms with Crippen molar-refractivity contribution < 1.29 is 4.39 Å². The molecule has 5 aromatic rings. The molecule has 6 nitrogen and oxygen atoms in total. The van der Waals surface area contributed by atoms with Crippen LogP contribution in [0.3, 0.4) is 0 Å². The van der Waals surface area contributed by atoms with E-state index in [1.807, 2.05) is 12.3 Å². The summed E-state index contributed by atoms with van der Waals surface area (Å²) < 4.78 is 13.4. The van der Waals surface area contributed by atoms with Gasteiger partial charge in [0.2, 0.25) is 5.95 Å². The third kappa shape index (κ3) is 3.09. The standard InChI is InChI=1S/C24H19FN6/c25-15-4-3-5-16(10-15)29-24-26-11-14(12-27-24)23-18-7-2-1-6-17(18)22-19-13-28-31-20(19)8-9-21(22)30-23/h3-5,8-13H,1-2,6-7H2,(H,28,31)(H,26,27,29). The molecule has 0 saturated carbocycles. The summed E-state index contributed by atoms with van der Waals surface area (Å²) in [6, 6.07) is 10.3. The molecule has 1 aliphatic carbocycles. The lowest BCUT2D eigenvalue weighted by Gasteiger charge is -2.21. The van der Waals surface area contributed by atoms with E-state index in [2.05, 4.69) is 31.5 Å². The van der Waals surface area contributed by atoms with E-state index < -0.39 is 0 Å². The van der Waals surface area contributed by atoms with E-state index in [4.69, 9.17) is 4.98 Å². The van der Waals surface area contributed by atoms with Crippen LogP contribution in [0.2, 0.25) is 0 Å². The van der Waals surface area contributed by atoms with Gasteiger partial charge in [-0.05, 0) is 67.1 Å². The molecule has 3 heterocycles. The maximum absolute atomic E-state index is 13.4. The van der Waals surface area contributed by atoms with Crippen molar-refractivity contribution in [3.05, 3.63) is 71.9 Å². The van der Waals surface area contributed by atoms with Crippen LogP contribution < -0.4 is 5.32 Å². The second-order valence-electron chi connectivity index (χ2n) is 7.85. The molecule has 0 radical (unpaired) electrons. The molecule has 152 valence electrons. The first kappa shape index (κ1) is 17.9. The third-order valence-corrected chi connectivity index (χ3v) is 5.90. The van der Waals surface area contributed by atoms with Crippen molar-refractivity contribution in [2.45, 2.75) is 25.7 Å². The van der Waals surface area contributed by atoms with Crippen molar-refractivity contribution in [2.24, 2.45) is 0 Å². The summed E-state index contributed by atoms with van der Waals surface area (Å²) in [5.74, 6) is 0.115. The average Bonchev–Trinajstić information content (AvgIpc) is 3.28. The Morgan fingerprint density at radius 3 is 2.61 bits per heavy atom. The van der Waals surface area contributed by atoms with Gasteiger partial charge < -0.3 is 5.32 Å². The highest BCUT2D eigenvalue weighted by molar-refractivity contribution is 6.07. The first-order valence-corrected chi connectivity index (χ1v) is 10.4. The van der Waals surface area contributed by atoms with E-state index in [1.54, 1.807) is 24.5 Å². The van der Waals surface area contributed by atoms with Crippen molar-refractivity contribution in [3.8, 4) is 11.3 Å². The second kappa shape index (κ2) is 7.12. The van der Waals surface area contributed by atoms with Gasteiger partial charge in [0.05, 0.1) is 22.9 Å². The topological polar surface area (TPSA) is 79.4 Å². The lowest BCUT2D eigenvalue weighted by atomic mass is 9.86. The molecular formula is C24H19FN6. The zero-order valence-electron chi connectivity index (χ0n) is 16.7. The molecule has 0 fully saturated rings. The molecule has 2 aromatic carbocycles. The highest BCUT2D eigenvalue weighted by atomic mass is 19.1. The fraction of sp³-hybridized carbons (Fsp3) is 0.167. The number of halogens is 1. The third-order valence-electron chi connectivity index (χ3n) is 5.90. The van der Waals surface area contributed by atoms with Crippen molar-refractivity contribution in [1.82, 2.24) is 25.1 Å². The Morgan fingerprint density at radius 2 is 1.77 bits per heavy atom. The number of benzene rings is 2. The molecule has 0 unspecified atom stereocenters. The number of nitrogens with zero attached hydrogens (tertiary/aromatic N) is 4. The van der Waals surface area contributed by atoms with Gasteiger partial charge in [-0.25, -0.2) is 19.3 Å². The number of rotatable bonds is 3. The van der Waals surface area contributed by atoms with Gasteiger partial charge in [-0.3, -0.25) is 5.10 Å². The number of pyridine rings is 1. The maximum atomic E-state index is 13.4. The number of aromatic nitrogens is 5. The highest BCUT2D eigenvalue weighted by Crippen LogP contribution is 2.37. The number of anilines is 2. The van der Waals surface area contributed by atoms with Gasteiger partial charge in [0.1, 0.15) is 5.82 Å². The Balaban J connectivity index is 1.44. The molecule has 6 rings (SSSR count). The normalized spacial score (nSPS) is 13.5. The number of nitrogens with one attached hydrogen (secondary N) is 2. The van der Waals surface area contributed by atoms with Crippen molar-refractivity contribution in [3.63, 3.8) is 0 Å². The van der Waals surface area contributed by atoms with E-state index >= 15 is 0 Å². The molecule has 0 spiro atoms. The molecule has 2 N–H and O–H groups in total. The SMILES string of the molecule is Fc1cccc(Nc2ncc(-c3nc4ccc5[nH]ncc5c4c4c3CCCC4)cn2)c1. The lowest BCUT2D eigenvalue weighted by Crippen LogP contribution is -2.08. The Kier molecular flexibility index (Phi) is 4.12. The summed E-state index contributed by atoms with van der Waals surface area (Å²) in [4.78, 5) is 13.9. The fourth-order valence-electron chi connectivity index (χ4n) is 4.50. The van der Waals surface area contributed by atoms with Crippen LogP contribution in [-0.2, 0) is 12.8 Å². The summed E-state index contributed by atoms with van der Waals surface area (Å²) in [5.41, 5.74) is 7.08. The van der Waals surface area contributed by atoms with Crippen LogP contribution in [0.4, 0.5) is 16.0 Å². The summed E-state index contributed by atoms with van der Waals surface area (Å²) in [7, 11) is 0. The van der Waals surface area contributed by atoms with Gasteiger partial charge in [0, 0.05) is 34.4 Å². The summed E-state index contributed by atoms with van der Waals surface area (Å²) in [6.45, 7) is 0. The molecule has 1 aliphatic rings. The smallest absolute Gasteiger partial charge is 0.227 e. The average molecular weight is 410 g/mol. The van der Waals surface area contributed by atoms with E-state index in [-0.39, 0.29) is 5.82 Å². The molecular weight excluding hydrogens is 391 g/mol. The van der Waals surface area contributed by atoms with E-state index in [0.717, 1.165) is 46.9 Å². The van der Waals surface area contributed by atoms with Crippen LogP contribution in [0.5, 0.6) is 0 Å². The van der Waals surface area contributed by atoms with Crippen LogP contribution in [-0.4, -0.2) is 25.1 Å². The number of aromatic amines is 1. The van der Waals surface area contributed by atoms with Gasteiger partial charge in [-0.1, -0.05) is 6.07 Å². The minimum Gasteiger partial charge on any atom is -0.324 e. The molecule has 0 bridgehead atoms. The summed E-state index contributed by atoms with van der Waals surface area (Å²) in [5, 5.41) is 12.7. The Labute approximate surface area is 177 Å². The van der Waals surface area contributed by atoms with Crippen LogP contribution in [0.25, 0.3) is 33.1 Å². The van der Waals surface area contributed by atoms with E-state index in [9.17, 15) is 4.39 Å². The van der Waals surface area contributed by atoms with Crippen LogP contribution >= 0.6 is 0 Å². The number of hydrogen-bond acceptors (Lipinski definition) is 5. The second-order valence-corrected chi connectivity index (χ2v) is 7.85. The van der Waals surface area contributed by atoms with Gasteiger partial charge in [0.25, 0.3) is 0 Å². The minimum absolute atomic E-state index is 0.305. The Bertz CT molecular complexity index is 1420. The predicted octanol–water partition coefficient (Wildman–Crippen LogP) is 5.33. The molecule has 7 heteroatoms. The number of H-pyrrole nitrogens is 1. The molecule has 31 heavy (non-hydrogen) atoms. The van der Waals surface area contributed by atoms with E-state index in [0.29, 0.717) is 11.6 Å². The van der Waals surface area contributed by atoms with Gasteiger partial charge in [-0.2, -0.15) is 5.10 Å². The number of aryl methyl sites for hydroxylation is 1.